The molecule has 0 saturated carbocycles. The molecule has 0 radical (unpaired) electrons. The van der Waals surface area contributed by atoms with Crippen LogP contribution >= 0.6 is 0 Å². The van der Waals surface area contributed by atoms with Crippen molar-refractivity contribution in [3.05, 3.63) is 46.8 Å². The third kappa shape index (κ3) is 3.15. The molecule has 1 unspecified atom stereocenters. The summed E-state index contributed by atoms with van der Waals surface area (Å²) in [7, 11) is 0. The summed E-state index contributed by atoms with van der Waals surface area (Å²) in [6, 6.07) is 2.13. The van der Waals surface area contributed by atoms with Crippen LogP contribution in [0.25, 0.3) is 0 Å². The van der Waals surface area contributed by atoms with Gasteiger partial charge in [0, 0.05) is 5.56 Å². The van der Waals surface area contributed by atoms with Crippen molar-refractivity contribution in [3.8, 4) is 0 Å². The molecule has 1 atom stereocenters. The van der Waals surface area contributed by atoms with Gasteiger partial charge in [0.1, 0.15) is 11.9 Å². The molecular formula is C14H14F4O. The topological polar surface area (TPSA) is 20.2 Å². The number of alkyl halides is 3. The minimum Gasteiger partial charge on any atom is -0.384 e. The zero-order chi connectivity index (χ0) is 14.0. The summed E-state index contributed by atoms with van der Waals surface area (Å²) in [6.07, 6.45) is -0.825. The van der Waals surface area contributed by atoms with E-state index in [1.54, 1.807) is 6.08 Å². The number of aliphatic hydroxyl groups excluding tert-OH is 1. The molecule has 0 heterocycles. The Kier molecular flexibility index (Phi) is 3.94. The van der Waals surface area contributed by atoms with Crippen LogP contribution in [-0.2, 0) is 6.18 Å². The van der Waals surface area contributed by atoms with Crippen molar-refractivity contribution in [2.75, 3.05) is 0 Å². The summed E-state index contributed by atoms with van der Waals surface area (Å²) in [5, 5.41) is 10.0. The number of hydrogen-bond acceptors (Lipinski definition) is 1. The Morgan fingerprint density at radius 1 is 1.16 bits per heavy atom. The number of aliphatic hydroxyl groups is 1. The highest BCUT2D eigenvalue weighted by Crippen LogP contribution is 2.35. The molecule has 19 heavy (non-hydrogen) atoms. The Bertz CT molecular complexity index is 491. The van der Waals surface area contributed by atoms with Gasteiger partial charge in [-0.25, -0.2) is 4.39 Å². The third-order valence-corrected chi connectivity index (χ3v) is 3.30. The molecule has 5 heteroatoms. The van der Waals surface area contributed by atoms with E-state index in [0.29, 0.717) is 24.1 Å². The van der Waals surface area contributed by atoms with Gasteiger partial charge in [0.25, 0.3) is 0 Å². The molecule has 0 fully saturated rings. The van der Waals surface area contributed by atoms with Gasteiger partial charge in [-0.3, -0.25) is 0 Å². The summed E-state index contributed by atoms with van der Waals surface area (Å²) in [6.45, 7) is 0. The molecule has 0 bridgehead atoms. The molecule has 0 saturated heterocycles. The van der Waals surface area contributed by atoms with Crippen LogP contribution in [0.15, 0.2) is 29.8 Å². The van der Waals surface area contributed by atoms with Gasteiger partial charge in [-0.2, -0.15) is 13.2 Å². The first-order valence-corrected chi connectivity index (χ1v) is 6.13. The monoisotopic (exact) mass is 274 g/mol. The van der Waals surface area contributed by atoms with E-state index in [4.69, 9.17) is 0 Å². The Morgan fingerprint density at radius 3 is 2.47 bits per heavy atom. The first-order chi connectivity index (χ1) is 8.89. The lowest BCUT2D eigenvalue weighted by molar-refractivity contribution is -0.137. The van der Waals surface area contributed by atoms with Gasteiger partial charge < -0.3 is 5.11 Å². The standard InChI is InChI=1S/C14H14F4O/c15-12-7-6-10(14(16,17)18)8-11(12)13(19)9-4-2-1-3-5-9/h4,6-8,13,19H,1-3,5H2. The van der Waals surface area contributed by atoms with E-state index in [2.05, 4.69) is 0 Å². The van der Waals surface area contributed by atoms with E-state index in [1.807, 2.05) is 0 Å². The summed E-state index contributed by atoms with van der Waals surface area (Å²) in [5.74, 6) is -0.813. The van der Waals surface area contributed by atoms with Crippen LogP contribution in [0.5, 0.6) is 0 Å². The van der Waals surface area contributed by atoms with E-state index in [-0.39, 0.29) is 5.56 Å². The fourth-order valence-electron chi connectivity index (χ4n) is 2.24. The minimum absolute atomic E-state index is 0.303. The molecule has 0 amide bonds. The molecule has 0 aliphatic heterocycles. The van der Waals surface area contributed by atoms with Crippen LogP contribution in [0.1, 0.15) is 42.9 Å². The van der Waals surface area contributed by atoms with Crippen molar-refractivity contribution in [1.29, 1.82) is 0 Å². The molecule has 1 aromatic rings. The summed E-state index contributed by atoms with van der Waals surface area (Å²) < 4.78 is 51.4. The van der Waals surface area contributed by atoms with Crippen LogP contribution in [0.2, 0.25) is 0 Å². The van der Waals surface area contributed by atoms with Crippen molar-refractivity contribution in [2.24, 2.45) is 0 Å². The van der Waals surface area contributed by atoms with Gasteiger partial charge in [-0.05, 0) is 49.5 Å². The first-order valence-electron chi connectivity index (χ1n) is 6.13. The zero-order valence-corrected chi connectivity index (χ0v) is 10.2. The van der Waals surface area contributed by atoms with Crippen molar-refractivity contribution < 1.29 is 22.7 Å². The second-order valence-electron chi connectivity index (χ2n) is 4.66. The molecule has 1 aromatic carbocycles. The zero-order valence-electron chi connectivity index (χ0n) is 10.2. The Hall–Kier alpha value is -1.36. The Labute approximate surface area is 108 Å². The smallest absolute Gasteiger partial charge is 0.384 e. The Morgan fingerprint density at radius 2 is 1.89 bits per heavy atom. The number of rotatable bonds is 2. The number of allylic oxidation sites excluding steroid dienone is 1. The van der Waals surface area contributed by atoms with E-state index in [9.17, 15) is 22.7 Å². The van der Waals surface area contributed by atoms with Crippen molar-refractivity contribution in [3.63, 3.8) is 0 Å². The highest BCUT2D eigenvalue weighted by Gasteiger charge is 2.32. The van der Waals surface area contributed by atoms with Crippen molar-refractivity contribution >= 4 is 0 Å². The maximum atomic E-state index is 13.6. The van der Waals surface area contributed by atoms with E-state index < -0.39 is 23.7 Å². The van der Waals surface area contributed by atoms with Crippen LogP contribution in [0, 0.1) is 5.82 Å². The lowest BCUT2D eigenvalue weighted by Gasteiger charge is -2.20. The second-order valence-corrected chi connectivity index (χ2v) is 4.66. The van der Waals surface area contributed by atoms with Gasteiger partial charge in [-0.1, -0.05) is 6.08 Å². The molecule has 1 nitrogen and oxygen atoms in total. The predicted molar refractivity (Wildman–Crippen MR) is 62.9 cm³/mol. The van der Waals surface area contributed by atoms with Crippen molar-refractivity contribution in [1.82, 2.24) is 0 Å². The first kappa shape index (κ1) is 14.1. The Balaban J connectivity index is 2.35. The van der Waals surface area contributed by atoms with E-state index in [0.717, 1.165) is 25.3 Å². The average Bonchev–Trinajstić information content (AvgIpc) is 2.38. The minimum atomic E-state index is -4.54. The predicted octanol–water partition coefficient (Wildman–Crippen LogP) is 4.38. The molecular weight excluding hydrogens is 260 g/mol. The van der Waals surface area contributed by atoms with Gasteiger partial charge in [0.2, 0.25) is 0 Å². The maximum absolute atomic E-state index is 13.6. The van der Waals surface area contributed by atoms with E-state index in [1.165, 1.54) is 0 Å². The van der Waals surface area contributed by atoms with Crippen LogP contribution in [0.4, 0.5) is 17.6 Å². The van der Waals surface area contributed by atoms with Crippen molar-refractivity contribution in [2.45, 2.75) is 38.0 Å². The quantitative estimate of drug-likeness (QED) is 0.627. The van der Waals surface area contributed by atoms with Crippen LogP contribution < -0.4 is 0 Å². The molecule has 2 rings (SSSR count). The average molecular weight is 274 g/mol. The van der Waals surface area contributed by atoms with Gasteiger partial charge in [0.05, 0.1) is 5.56 Å². The van der Waals surface area contributed by atoms with Gasteiger partial charge >= 0.3 is 6.18 Å². The fraction of sp³-hybridized carbons (Fsp3) is 0.429. The molecule has 104 valence electrons. The highest BCUT2D eigenvalue weighted by molar-refractivity contribution is 5.33. The number of halogens is 4. The maximum Gasteiger partial charge on any atom is 0.416 e. The highest BCUT2D eigenvalue weighted by atomic mass is 19.4. The molecule has 0 aromatic heterocycles. The van der Waals surface area contributed by atoms with E-state index >= 15 is 0 Å². The lowest BCUT2D eigenvalue weighted by Crippen LogP contribution is -2.11. The SMILES string of the molecule is OC(C1=CCCCC1)c1cc(C(F)(F)F)ccc1F. The van der Waals surface area contributed by atoms with Crippen LogP contribution in [-0.4, -0.2) is 5.11 Å². The number of hydrogen-bond donors (Lipinski definition) is 1. The van der Waals surface area contributed by atoms with Gasteiger partial charge in [0.15, 0.2) is 0 Å². The molecule has 1 N–H and O–H groups in total. The summed E-state index contributed by atoms with van der Waals surface area (Å²) >= 11 is 0. The molecule has 1 aliphatic rings. The number of benzene rings is 1. The lowest BCUT2D eigenvalue weighted by atomic mass is 9.91. The molecule has 0 spiro atoms. The summed E-state index contributed by atoms with van der Waals surface area (Å²) in [5.41, 5.74) is -0.646. The van der Waals surface area contributed by atoms with Gasteiger partial charge in [-0.15, -0.1) is 0 Å². The largest absolute Gasteiger partial charge is 0.416 e. The van der Waals surface area contributed by atoms with Crippen LogP contribution in [0.3, 0.4) is 0 Å². The molecule has 1 aliphatic carbocycles. The normalized spacial score (nSPS) is 18.1. The summed E-state index contributed by atoms with van der Waals surface area (Å²) in [4.78, 5) is 0. The fourth-order valence-corrected chi connectivity index (χ4v) is 2.24. The third-order valence-electron chi connectivity index (χ3n) is 3.30. The second kappa shape index (κ2) is 5.33.